The number of benzene rings is 2. The lowest BCUT2D eigenvalue weighted by atomic mass is 9.95. The molecule has 0 aliphatic carbocycles. The fourth-order valence-corrected chi connectivity index (χ4v) is 2.82. The average molecular weight is 370 g/mol. The number of hydrogen-bond donors (Lipinski definition) is 2. The Bertz CT molecular complexity index is 685. The molecule has 2 aromatic carbocycles. The zero-order valence-corrected chi connectivity index (χ0v) is 16.4. The lowest BCUT2D eigenvalue weighted by Gasteiger charge is -2.28. The summed E-state index contributed by atoms with van der Waals surface area (Å²) in [4.78, 5) is 0. The summed E-state index contributed by atoms with van der Waals surface area (Å²) in [6.07, 6.45) is 2.02. The molecule has 27 heavy (non-hydrogen) atoms. The third-order valence-electron chi connectivity index (χ3n) is 4.20. The highest BCUT2D eigenvalue weighted by molar-refractivity contribution is 5.32. The van der Waals surface area contributed by atoms with E-state index in [1.165, 1.54) is 5.56 Å². The molecule has 0 bridgehead atoms. The molecule has 0 aliphatic heterocycles. The van der Waals surface area contributed by atoms with E-state index in [0.29, 0.717) is 19.8 Å². The van der Waals surface area contributed by atoms with Gasteiger partial charge in [0.2, 0.25) is 0 Å². The van der Waals surface area contributed by atoms with Crippen LogP contribution in [0, 0.1) is 0 Å². The first-order valence-corrected chi connectivity index (χ1v) is 9.36. The molecule has 146 valence electrons. The first-order valence-electron chi connectivity index (χ1n) is 9.36. The van der Waals surface area contributed by atoms with Crippen LogP contribution in [0.3, 0.4) is 0 Å². The van der Waals surface area contributed by atoms with Crippen molar-refractivity contribution < 1.29 is 14.6 Å². The summed E-state index contributed by atoms with van der Waals surface area (Å²) in [6.45, 7) is 9.57. The van der Waals surface area contributed by atoms with Crippen molar-refractivity contribution in [1.29, 1.82) is 0 Å². The van der Waals surface area contributed by atoms with Crippen molar-refractivity contribution in [3.05, 3.63) is 78.4 Å². The second kappa shape index (κ2) is 10.9. The standard InChI is InChI=1S/C23H31NO3/c1-4-14-26-17-20-12-8-9-13-22(20)27-18-21(25)16-24-23(2,3)15-19-10-6-5-7-11-19/h4-13,21,24-25H,1,14-18H2,2-3H3. The van der Waals surface area contributed by atoms with E-state index in [0.717, 1.165) is 17.7 Å². The molecule has 0 spiro atoms. The van der Waals surface area contributed by atoms with Gasteiger partial charge in [0.25, 0.3) is 0 Å². The van der Waals surface area contributed by atoms with Crippen LogP contribution < -0.4 is 10.1 Å². The van der Waals surface area contributed by atoms with Crippen LogP contribution >= 0.6 is 0 Å². The van der Waals surface area contributed by atoms with Gasteiger partial charge in [0.15, 0.2) is 0 Å². The summed E-state index contributed by atoms with van der Waals surface area (Å²) < 4.78 is 11.3. The predicted octanol–water partition coefficient (Wildman–Crippen LogP) is 3.74. The Hall–Kier alpha value is -2.14. The summed E-state index contributed by atoms with van der Waals surface area (Å²) in [6, 6.07) is 18.1. The van der Waals surface area contributed by atoms with Gasteiger partial charge in [-0.05, 0) is 31.9 Å². The van der Waals surface area contributed by atoms with Crippen LogP contribution in [0.25, 0.3) is 0 Å². The second-order valence-electron chi connectivity index (χ2n) is 7.30. The van der Waals surface area contributed by atoms with Crippen molar-refractivity contribution in [3.63, 3.8) is 0 Å². The fraction of sp³-hybridized carbons (Fsp3) is 0.391. The monoisotopic (exact) mass is 369 g/mol. The highest BCUT2D eigenvalue weighted by atomic mass is 16.5. The van der Waals surface area contributed by atoms with Gasteiger partial charge in [-0.1, -0.05) is 54.6 Å². The van der Waals surface area contributed by atoms with Crippen molar-refractivity contribution in [1.82, 2.24) is 5.32 Å². The molecule has 0 radical (unpaired) electrons. The number of para-hydroxylation sites is 1. The van der Waals surface area contributed by atoms with Gasteiger partial charge in [-0.25, -0.2) is 0 Å². The second-order valence-corrected chi connectivity index (χ2v) is 7.30. The van der Waals surface area contributed by atoms with Crippen LogP contribution in [0.2, 0.25) is 0 Å². The van der Waals surface area contributed by atoms with Gasteiger partial charge in [0.1, 0.15) is 18.5 Å². The summed E-state index contributed by atoms with van der Waals surface area (Å²) in [5, 5.41) is 13.7. The van der Waals surface area contributed by atoms with E-state index in [-0.39, 0.29) is 12.1 Å². The highest BCUT2D eigenvalue weighted by Crippen LogP contribution is 2.19. The largest absolute Gasteiger partial charge is 0.490 e. The molecule has 1 unspecified atom stereocenters. The number of β-amino-alcohol motifs (C(OH)–C–C–N with tert-alkyl or cyclic N) is 1. The summed E-state index contributed by atoms with van der Waals surface area (Å²) in [5.74, 6) is 0.740. The maximum Gasteiger partial charge on any atom is 0.124 e. The molecule has 0 fully saturated rings. The van der Waals surface area contributed by atoms with Crippen molar-refractivity contribution in [2.45, 2.75) is 38.5 Å². The SMILES string of the molecule is C=CCOCc1ccccc1OCC(O)CNC(C)(C)Cc1ccccc1. The highest BCUT2D eigenvalue weighted by Gasteiger charge is 2.19. The first-order chi connectivity index (χ1) is 13.0. The molecular formula is C23H31NO3. The van der Waals surface area contributed by atoms with E-state index in [4.69, 9.17) is 9.47 Å². The van der Waals surface area contributed by atoms with Gasteiger partial charge in [-0.15, -0.1) is 6.58 Å². The Labute approximate surface area is 162 Å². The molecule has 0 aromatic heterocycles. The minimum absolute atomic E-state index is 0.112. The number of nitrogens with one attached hydrogen (secondary N) is 1. The number of hydrogen-bond acceptors (Lipinski definition) is 4. The Balaban J connectivity index is 1.79. The van der Waals surface area contributed by atoms with Gasteiger partial charge < -0.3 is 19.9 Å². The first kappa shape index (κ1) is 21.2. The smallest absolute Gasteiger partial charge is 0.124 e. The Morgan fingerprint density at radius 2 is 1.81 bits per heavy atom. The minimum atomic E-state index is -0.595. The minimum Gasteiger partial charge on any atom is -0.490 e. The lowest BCUT2D eigenvalue weighted by molar-refractivity contribution is 0.0953. The number of rotatable bonds is 12. The van der Waals surface area contributed by atoms with Crippen LogP contribution in [0.5, 0.6) is 5.75 Å². The van der Waals surface area contributed by atoms with Crippen molar-refractivity contribution in [2.24, 2.45) is 0 Å². The third kappa shape index (κ3) is 7.95. The van der Waals surface area contributed by atoms with Gasteiger partial charge in [-0.3, -0.25) is 0 Å². The maximum absolute atomic E-state index is 10.3. The molecule has 0 amide bonds. The normalized spacial score (nSPS) is 12.6. The average Bonchev–Trinajstić information content (AvgIpc) is 2.66. The third-order valence-corrected chi connectivity index (χ3v) is 4.20. The van der Waals surface area contributed by atoms with E-state index in [1.807, 2.05) is 42.5 Å². The van der Waals surface area contributed by atoms with Crippen molar-refractivity contribution in [3.8, 4) is 5.75 Å². The molecule has 1 atom stereocenters. The Morgan fingerprint density at radius 3 is 2.56 bits per heavy atom. The van der Waals surface area contributed by atoms with Crippen LogP contribution in [-0.4, -0.2) is 36.5 Å². The molecule has 2 rings (SSSR count). The maximum atomic E-state index is 10.3. The number of aliphatic hydroxyl groups excluding tert-OH is 1. The molecule has 0 saturated carbocycles. The Kier molecular flexibility index (Phi) is 8.52. The molecule has 0 aliphatic rings. The number of ether oxygens (including phenoxy) is 2. The molecule has 0 heterocycles. The van der Waals surface area contributed by atoms with Gasteiger partial charge in [0.05, 0.1) is 13.2 Å². The quantitative estimate of drug-likeness (QED) is 0.442. The predicted molar refractivity (Wildman–Crippen MR) is 110 cm³/mol. The van der Waals surface area contributed by atoms with E-state index in [2.05, 4.69) is 37.9 Å². The van der Waals surface area contributed by atoms with Crippen LogP contribution in [0.15, 0.2) is 67.3 Å². The summed E-state index contributed by atoms with van der Waals surface area (Å²) >= 11 is 0. The zero-order valence-electron chi connectivity index (χ0n) is 16.4. The van der Waals surface area contributed by atoms with Crippen LogP contribution in [0.4, 0.5) is 0 Å². The molecule has 2 N–H and O–H groups in total. The van der Waals surface area contributed by atoms with Gasteiger partial charge in [0, 0.05) is 17.6 Å². The van der Waals surface area contributed by atoms with Crippen LogP contribution in [0.1, 0.15) is 25.0 Å². The molecule has 4 heteroatoms. The number of aliphatic hydroxyl groups is 1. The van der Waals surface area contributed by atoms with E-state index in [9.17, 15) is 5.11 Å². The van der Waals surface area contributed by atoms with Crippen molar-refractivity contribution in [2.75, 3.05) is 19.8 Å². The van der Waals surface area contributed by atoms with E-state index < -0.39 is 6.10 Å². The summed E-state index contributed by atoms with van der Waals surface area (Å²) in [7, 11) is 0. The van der Waals surface area contributed by atoms with Gasteiger partial charge in [-0.2, -0.15) is 0 Å². The topological polar surface area (TPSA) is 50.7 Å². The molecular weight excluding hydrogens is 338 g/mol. The summed E-state index contributed by atoms with van der Waals surface area (Å²) in [5.41, 5.74) is 2.12. The Morgan fingerprint density at radius 1 is 1.11 bits per heavy atom. The molecule has 4 nitrogen and oxygen atoms in total. The molecule has 2 aromatic rings. The van der Waals surface area contributed by atoms with Gasteiger partial charge >= 0.3 is 0 Å². The van der Waals surface area contributed by atoms with Crippen LogP contribution in [-0.2, 0) is 17.8 Å². The fourth-order valence-electron chi connectivity index (χ4n) is 2.82. The zero-order chi connectivity index (χ0) is 19.5. The molecule has 0 saturated heterocycles. The van der Waals surface area contributed by atoms with E-state index in [1.54, 1.807) is 6.08 Å². The van der Waals surface area contributed by atoms with Crippen molar-refractivity contribution >= 4 is 0 Å². The van der Waals surface area contributed by atoms with E-state index >= 15 is 0 Å². The lowest BCUT2D eigenvalue weighted by Crippen LogP contribution is -2.46.